The van der Waals surface area contributed by atoms with E-state index in [4.69, 9.17) is 9.15 Å². The van der Waals surface area contributed by atoms with Crippen LogP contribution in [0.15, 0.2) is 35.1 Å². The Labute approximate surface area is 123 Å². The van der Waals surface area contributed by atoms with Crippen molar-refractivity contribution in [2.45, 2.75) is 6.92 Å². The predicted octanol–water partition coefficient (Wildman–Crippen LogP) is 1.82. The number of hydrogen-bond acceptors (Lipinski definition) is 5. The Balaban J connectivity index is 1.98. The molecule has 1 heterocycles. The number of rotatable bonds is 7. The maximum absolute atomic E-state index is 11.8. The molecule has 2 aromatic rings. The van der Waals surface area contributed by atoms with Gasteiger partial charge in [0.1, 0.15) is 6.26 Å². The molecule has 6 nitrogen and oxygen atoms in total. The molecule has 21 heavy (non-hydrogen) atoms. The number of methoxy groups -OCH3 is 1. The van der Waals surface area contributed by atoms with Crippen LogP contribution in [0, 0.1) is 6.92 Å². The minimum Gasteiger partial charge on any atom is -0.445 e. The zero-order valence-corrected chi connectivity index (χ0v) is 12.2. The molecule has 2 rings (SSSR count). The number of amides is 1. The zero-order chi connectivity index (χ0) is 15.1. The first kappa shape index (κ1) is 15.2. The first-order valence-corrected chi connectivity index (χ1v) is 6.70. The second kappa shape index (κ2) is 7.56. The van der Waals surface area contributed by atoms with E-state index in [2.05, 4.69) is 15.6 Å². The molecule has 1 amide bonds. The number of aryl methyl sites for hydroxylation is 1. The summed E-state index contributed by atoms with van der Waals surface area (Å²) in [7, 11) is 1.62. The molecule has 0 radical (unpaired) electrons. The third kappa shape index (κ3) is 4.40. The number of oxazole rings is 1. The molecule has 6 heteroatoms. The molecule has 0 atom stereocenters. The number of hydrogen-bond donors (Lipinski definition) is 2. The van der Waals surface area contributed by atoms with Crippen molar-refractivity contribution >= 4 is 11.6 Å². The summed E-state index contributed by atoms with van der Waals surface area (Å²) >= 11 is 0. The molecule has 0 fully saturated rings. The molecule has 0 aliphatic rings. The fourth-order valence-electron chi connectivity index (χ4n) is 1.87. The fourth-order valence-corrected chi connectivity index (χ4v) is 1.87. The molecule has 0 unspecified atom stereocenters. The maximum atomic E-state index is 11.8. The molecule has 2 N–H and O–H groups in total. The van der Waals surface area contributed by atoms with Gasteiger partial charge in [-0.25, -0.2) is 4.98 Å². The van der Waals surface area contributed by atoms with Gasteiger partial charge in [-0.05, 0) is 24.6 Å². The van der Waals surface area contributed by atoms with Crippen LogP contribution in [0.2, 0.25) is 0 Å². The summed E-state index contributed by atoms with van der Waals surface area (Å²) in [4.78, 5) is 15.9. The highest BCUT2D eigenvalue weighted by Crippen LogP contribution is 2.25. The van der Waals surface area contributed by atoms with Crippen LogP contribution in [0.5, 0.6) is 0 Å². The van der Waals surface area contributed by atoms with Crippen molar-refractivity contribution in [2.75, 3.05) is 32.1 Å². The van der Waals surface area contributed by atoms with E-state index in [-0.39, 0.29) is 12.5 Å². The van der Waals surface area contributed by atoms with Gasteiger partial charge in [-0.15, -0.1) is 0 Å². The summed E-state index contributed by atoms with van der Waals surface area (Å²) in [6.45, 7) is 3.43. The summed E-state index contributed by atoms with van der Waals surface area (Å²) in [5, 5.41) is 5.83. The van der Waals surface area contributed by atoms with Crippen molar-refractivity contribution in [3.05, 3.63) is 36.2 Å². The second-order valence-corrected chi connectivity index (χ2v) is 4.58. The fraction of sp³-hybridized carbons (Fsp3) is 0.333. The monoisotopic (exact) mass is 289 g/mol. The number of anilines is 1. The minimum absolute atomic E-state index is 0.103. The van der Waals surface area contributed by atoms with Crippen LogP contribution in [-0.2, 0) is 9.53 Å². The average Bonchev–Trinajstić information content (AvgIpc) is 3.00. The van der Waals surface area contributed by atoms with Gasteiger partial charge in [-0.2, -0.15) is 0 Å². The molecular weight excluding hydrogens is 270 g/mol. The van der Waals surface area contributed by atoms with Gasteiger partial charge in [0.2, 0.25) is 11.8 Å². The van der Waals surface area contributed by atoms with Crippen LogP contribution >= 0.6 is 0 Å². The largest absolute Gasteiger partial charge is 0.445 e. The number of nitrogens with zero attached hydrogens (tertiary/aromatic N) is 1. The molecule has 0 spiro atoms. The van der Waals surface area contributed by atoms with E-state index in [9.17, 15) is 4.79 Å². The Morgan fingerprint density at radius 3 is 3.00 bits per heavy atom. The van der Waals surface area contributed by atoms with E-state index in [1.165, 1.54) is 6.26 Å². The molecular formula is C15H19N3O3. The van der Waals surface area contributed by atoms with Crippen LogP contribution in [0.25, 0.3) is 11.5 Å². The van der Waals surface area contributed by atoms with Crippen molar-refractivity contribution in [3.63, 3.8) is 0 Å². The molecule has 1 aromatic heterocycles. The van der Waals surface area contributed by atoms with Gasteiger partial charge in [-0.3, -0.25) is 4.79 Å². The molecule has 112 valence electrons. The zero-order valence-electron chi connectivity index (χ0n) is 12.2. The molecule has 0 bridgehead atoms. The average molecular weight is 289 g/mol. The third-order valence-electron chi connectivity index (χ3n) is 2.95. The Morgan fingerprint density at radius 2 is 2.29 bits per heavy atom. The van der Waals surface area contributed by atoms with E-state index in [0.717, 1.165) is 11.1 Å². The van der Waals surface area contributed by atoms with E-state index in [1.54, 1.807) is 13.3 Å². The number of carbonyl (C=O) groups excluding carboxylic acids is 1. The van der Waals surface area contributed by atoms with E-state index < -0.39 is 0 Å². The first-order valence-electron chi connectivity index (χ1n) is 6.70. The lowest BCUT2D eigenvalue weighted by Crippen LogP contribution is -2.30. The van der Waals surface area contributed by atoms with Gasteiger partial charge in [0.25, 0.3) is 0 Å². The van der Waals surface area contributed by atoms with Gasteiger partial charge < -0.3 is 19.8 Å². The summed E-state index contributed by atoms with van der Waals surface area (Å²) in [5.74, 6) is 0.440. The topological polar surface area (TPSA) is 76.4 Å². The molecule has 0 aliphatic carbocycles. The van der Waals surface area contributed by atoms with Crippen molar-refractivity contribution < 1.29 is 13.9 Å². The quantitative estimate of drug-likeness (QED) is 0.760. The van der Waals surface area contributed by atoms with E-state index in [1.807, 2.05) is 25.1 Å². The molecule has 0 saturated carbocycles. The lowest BCUT2D eigenvalue weighted by molar-refractivity contribution is -0.115. The number of nitrogens with one attached hydrogen (secondary N) is 2. The smallest absolute Gasteiger partial charge is 0.238 e. The highest BCUT2D eigenvalue weighted by molar-refractivity contribution is 5.92. The summed E-state index contributed by atoms with van der Waals surface area (Å²) in [6.07, 6.45) is 3.12. The predicted molar refractivity (Wildman–Crippen MR) is 80.1 cm³/mol. The van der Waals surface area contributed by atoms with Gasteiger partial charge in [0.05, 0.1) is 19.3 Å². The van der Waals surface area contributed by atoms with Crippen LogP contribution < -0.4 is 10.6 Å². The van der Waals surface area contributed by atoms with Crippen molar-refractivity contribution in [3.8, 4) is 11.5 Å². The maximum Gasteiger partial charge on any atom is 0.238 e. The summed E-state index contributed by atoms with van der Waals surface area (Å²) in [5.41, 5.74) is 2.62. The number of carbonyl (C=O) groups is 1. The standard InChI is InChI=1S/C15H19N3O3/c1-11-3-4-12(9-13(11)15-17-6-8-21-15)18-14(19)10-16-5-7-20-2/h3-4,6,8-9,16H,5,7,10H2,1-2H3,(H,18,19). The minimum atomic E-state index is -0.103. The van der Waals surface area contributed by atoms with Crippen LogP contribution in [0.3, 0.4) is 0 Å². The van der Waals surface area contributed by atoms with Crippen LogP contribution in [0.1, 0.15) is 5.56 Å². The van der Waals surface area contributed by atoms with E-state index >= 15 is 0 Å². The summed E-state index contributed by atoms with van der Waals surface area (Å²) in [6, 6.07) is 5.64. The number of aromatic nitrogens is 1. The van der Waals surface area contributed by atoms with Crippen molar-refractivity contribution in [1.29, 1.82) is 0 Å². The normalized spacial score (nSPS) is 10.6. The third-order valence-corrected chi connectivity index (χ3v) is 2.95. The van der Waals surface area contributed by atoms with Gasteiger partial charge in [0, 0.05) is 24.9 Å². The molecule has 1 aromatic carbocycles. The van der Waals surface area contributed by atoms with Crippen molar-refractivity contribution in [1.82, 2.24) is 10.3 Å². The Morgan fingerprint density at radius 1 is 1.43 bits per heavy atom. The Hall–Kier alpha value is -2.18. The van der Waals surface area contributed by atoms with E-state index in [0.29, 0.717) is 24.7 Å². The van der Waals surface area contributed by atoms with Gasteiger partial charge >= 0.3 is 0 Å². The highest BCUT2D eigenvalue weighted by Gasteiger charge is 2.09. The van der Waals surface area contributed by atoms with Crippen LogP contribution in [-0.4, -0.2) is 37.7 Å². The molecule has 0 saturated heterocycles. The SMILES string of the molecule is COCCNCC(=O)Nc1ccc(C)c(-c2ncco2)c1. The number of benzene rings is 1. The van der Waals surface area contributed by atoms with Gasteiger partial charge in [-0.1, -0.05) is 6.07 Å². The lowest BCUT2D eigenvalue weighted by Gasteiger charge is -2.09. The Bertz CT molecular complexity index is 582. The Kier molecular flexibility index (Phi) is 5.48. The summed E-state index contributed by atoms with van der Waals surface area (Å²) < 4.78 is 10.2. The lowest BCUT2D eigenvalue weighted by atomic mass is 10.1. The first-order chi connectivity index (χ1) is 10.2. The molecule has 0 aliphatic heterocycles. The number of ether oxygens (including phenoxy) is 1. The van der Waals surface area contributed by atoms with Crippen molar-refractivity contribution in [2.24, 2.45) is 0 Å². The highest BCUT2D eigenvalue weighted by atomic mass is 16.5. The van der Waals surface area contributed by atoms with Crippen LogP contribution in [0.4, 0.5) is 5.69 Å². The second-order valence-electron chi connectivity index (χ2n) is 4.58. The van der Waals surface area contributed by atoms with Gasteiger partial charge in [0.15, 0.2) is 0 Å².